The Morgan fingerprint density at radius 1 is 0.352 bits per heavy atom. The van der Waals surface area contributed by atoms with Gasteiger partial charge < -0.3 is 4.90 Å². The van der Waals surface area contributed by atoms with Crippen molar-refractivity contribution in [3.63, 3.8) is 0 Å². The highest BCUT2D eigenvalue weighted by Crippen LogP contribution is 2.40. The number of anilines is 2. The molecule has 1 aliphatic rings. The zero-order valence-corrected chi connectivity index (χ0v) is 30.6. The summed E-state index contributed by atoms with van der Waals surface area (Å²) in [6.07, 6.45) is 6.61. The van der Waals surface area contributed by atoms with Gasteiger partial charge in [0, 0.05) is 37.2 Å². The van der Waals surface area contributed by atoms with Crippen LogP contribution in [-0.4, -0.2) is 0 Å². The Balaban J connectivity index is 0.987. The zero-order valence-electron chi connectivity index (χ0n) is 29.8. The topological polar surface area (TPSA) is 3.24 Å². The van der Waals surface area contributed by atoms with Crippen LogP contribution in [0.2, 0.25) is 0 Å². The van der Waals surface area contributed by atoms with Gasteiger partial charge in [0.2, 0.25) is 0 Å². The largest absolute Gasteiger partial charge is 0.314 e. The number of benzene rings is 8. The lowest BCUT2D eigenvalue weighted by molar-refractivity contribution is 0.930. The van der Waals surface area contributed by atoms with Gasteiger partial charge in [-0.1, -0.05) is 146 Å². The molecule has 0 N–H and O–H groups in total. The Morgan fingerprint density at radius 3 is 1.69 bits per heavy atom. The summed E-state index contributed by atoms with van der Waals surface area (Å²) in [5, 5.41) is 5.22. The number of fused-ring (bicyclic) bond motifs is 4. The molecule has 0 fully saturated rings. The van der Waals surface area contributed by atoms with Gasteiger partial charge in [-0.25, -0.2) is 0 Å². The van der Waals surface area contributed by atoms with Crippen LogP contribution in [-0.2, 0) is 0 Å². The Bertz CT molecular complexity index is 2860. The first-order valence-corrected chi connectivity index (χ1v) is 19.5. The molecule has 0 aliphatic heterocycles. The van der Waals surface area contributed by atoms with Crippen LogP contribution in [0.4, 0.5) is 11.4 Å². The van der Waals surface area contributed by atoms with Crippen LogP contribution >= 0.6 is 11.3 Å². The number of hydrogen-bond donors (Lipinski definition) is 0. The van der Waals surface area contributed by atoms with Gasteiger partial charge in [-0.2, -0.15) is 0 Å². The Labute approximate surface area is 320 Å². The monoisotopic (exact) mass is 707 g/mol. The number of rotatable bonds is 7. The summed E-state index contributed by atoms with van der Waals surface area (Å²) in [4.78, 5) is 2.44. The van der Waals surface area contributed by atoms with Gasteiger partial charge in [-0.05, 0) is 123 Å². The minimum Gasteiger partial charge on any atom is -0.314 e. The smallest absolute Gasteiger partial charge is 0.0458 e. The maximum absolute atomic E-state index is 2.44. The van der Waals surface area contributed by atoms with E-state index < -0.39 is 0 Å². The lowest BCUT2D eigenvalue weighted by atomic mass is 9.94. The minimum atomic E-state index is 0.951. The SMILES string of the molecule is C1=C(c2ccc3c(c2)sc2ccccc23)CCC(N(c2ccc(-c3ccccc3)cc2)c2ccc(-c3cccc(-c4ccc5ccccc5c4)c3)cc2)=C1. The van der Waals surface area contributed by atoms with E-state index in [0.717, 1.165) is 24.2 Å². The second-order valence-electron chi connectivity index (χ2n) is 14.1. The van der Waals surface area contributed by atoms with Crippen molar-refractivity contribution >= 4 is 59.2 Å². The van der Waals surface area contributed by atoms with Crippen LogP contribution in [0.3, 0.4) is 0 Å². The van der Waals surface area contributed by atoms with E-state index in [1.807, 2.05) is 11.3 Å². The van der Waals surface area contributed by atoms with E-state index in [1.54, 1.807) is 0 Å². The highest BCUT2D eigenvalue weighted by Gasteiger charge is 2.19. The van der Waals surface area contributed by atoms with Crippen LogP contribution in [0.5, 0.6) is 0 Å². The van der Waals surface area contributed by atoms with Crippen molar-refractivity contribution in [3.8, 4) is 33.4 Å². The number of thiophene rings is 1. The maximum Gasteiger partial charge on any atom is 0.0458 e. The van der Waals surface area contributed by atoms with E-state index in [0.29, 0.717) is 0 Å². The van der Waals surface area contributed by atoms with Crippen LogP contribution in [0.15, 0.2) is 206 Å². The number of hydrogen-bond acceptors (Lipinski definition) is 2. The molecular formula is C52H37NS. The molecule has 256 valence electrons. The summed E-state index contributed by atoms with van der Waals surface area (Å²) in [6.45, 7) is 0. The van der Waals surface area contributed by atoms with Crippen molar-refractivity contribution in [2.24, 2.45) is 0 Å². The van der Waals surface area contributed by atoms with E-state index in [9.17, 15) is 0 Å². The molecule has 0 amide bonds. The summed E-state index contributed by atoms with van der Waals surface area (Å²) in [6, 6.07) is 68.7. The van der Waals surface area contributed by atoms with Gasteiger partial charge in [-0.3, -0.25) is 0 Å². The third-order valence-corrected chi connectivity index (χ3v) is 11.9. The molecule has 0 unspecified atom stereocenters. The first-order valence-electron chi connectivity index (χ1n) is 18.7. The third-order valence-electron chi connectivity index (χ3n) is 10.8. The molecule has 9 aromatic rings. The van der Waals surface area contributed by atoms with Crippen LogP contribution in [0.1, 0.15) is 18.4 Å². The van der Waals surface area contributed by atoms with Gasteiger partial charge in [-0.15, -0.1) is 11.3 Å². The van der Waals surface area contributed by atoms with E-state index in [-0.39, 0.29) is 0 Å². The highest BCUT2D eigenvalue weighted by molar-refractivity contribution is 7.25. The van der Waals surface area contributed by atoms with Crippen molar-refractivity contribution in [2.75, 3.05) is 4.90 Å². The average Bonchev–Trinajstić information content (AvgIpc) is 3.63. The summed E-state index contributed by atoms with van der Waals surface area (Å²) >= 11 is 1.89. The van der Waals surface area contributed by atoms with E-state index in [2.05, 4.69) is 205 Å². The molecule has 2 heteroatoms. The Hall–Kier alpha value is -6.48. The molecule has 0 saturated carbocycles. The predicted octanol–water partition coefficient (Wildman–Crippen LogP) is 15.1. The van der Waals surface area contributed by atoms with Gasteiger partial charge in [0.1, 0.15) is 0 Å². The quantitative estimate of drug-likeness (QED) is 0.159. The van der Waals surface area contributed by atoms with Gasteiger partial charge in [0.05, 0.1) is 0 Å². The zero-order chi connectivity index (χ0) is 35.8. The molecule has 8 aromatic carbocycles. The van der Waals surface area contributed by atoms with Gasteiger partial charge >= 0.3 is 0 Å². The number of nitrogens with zero attached hydrogens (tertiary/aromatic N) is 1. The summed E-state index contributed by atoms with van der Waals surface area (Å²) in [5.74, 6) is 0. The lowest BCUT2D eigenvalue weighted by Gasteiger charge is -2.30. The molecule has 0 spiro atoms. The van der Waals surface area contributed by atoms with E-state index in [1.165, 1.54) is 81.2 Å². The standard InChI is InChI=1S/C52H37NS/c1-2-9-36(10-3-1)38-19-26-46(27-20-38)53(48-30-23-40(24-31-48)45-25-32-50-49-15-6-7-16-51(49)54-52(50)35-45)47-28-21-39(22-29-47)42-13-8-14-43(33-42)44-18-17-37-11-4-5-12-41(37)34-44/h1-23,25-30,32-35H,24,31H2. The fourth-order valence-corrected chi connectivity index (χ4v) is 9.09. The second kappa shape index (κ2) is 13.8. The van der Waals surface area contributed by atoms with Crippen molar-refractivity contribution in [1.82, 2.24) is 0 Å². The van der Waals surface area contributed by atoms with Crippen molar-refractivity contribution in [2.45, 2.75) is 12.8 Å². The van der Waals surface area contributed by atoms with Crippen molar-refractivity contribution < 1.29 is 0 Å². The lowest BCUT2D eigenvalue weighted by Crippen LogP contribution is -2.17. The van der Waals surface area contributed by atoms with Crippen molar-refractivity contribution in [1.29, 1.82) is 0 Å². The van der Waals surface area contributed by atoms with Crippen LogP contribution in [0.25, 0.3) is 69.9 Å². The molecule has 10 rings (SSSR count). The molecule has 1 aromatic heterocycles. The van der Waals surface area contributed by atoms with Gasteiger partial charge in [0.25, 0.3) is 0 Å². The molecule has 54 heavy (non-hydrogen) atoms. The molecule has 1 heterocycles. The van der Waals surface area contributed by atoms with Crippen LogP contribution < -0.4 is 4.90 Å². The molecule has 1 aliphatic carbocycles. The van der Waals surface area contributed by atoms with E-state index in [4.69, 9.17) is 0 Å². The van der Waals surface area contributed by atoms with Crippen LogP contribution in [0, 0.1) is 0 Å². The highest BCUT2D eigenvalue weighted by atomic mass is 32.1. The third kappa shape index (κ3) is 6.11. The molecule has 0 saturated heterocycles. The second-order valence-corrected chi connectivity index (χ2v) is 15.2. The van der Waals surface area contributed by atoms with E-state index >= 15 is 0 Å². The summed E-state index contributed by atoms with van der Waals surface area (Å²) < 4.78 is 2.70. The predicted molar refractivity (Wildman–Crippen MR) is 233 cm³/mol. The molecular weight excluding hydrogens is 671 g/mol. The fourth-order valence-electron chi connectivity index (χ4n) is 7.94. The molecule has 0 atom stereocenters. The minimum absolute atomic E-state index is 0.951. The van der Waals surface area contributed by atoms with Gasteiger partial charge in [0.15, 0.2) is 0 Å². The molecule has 0 radical (unpaired) electrons. The van der Waals surface area contributed by atoms with Crippen molar-refractivity contribution in [3.05, 3.63) is 211 Å². The average molecular weight is 708 g/mol. The molecule has 0 bridgehead atoms. The maximum atomic E-state index is 2.44. The normalized spacial score (nSPS) is 12.9. The Kier molecular flexibility index (Phi) is 8.24. The molecule has 1 nitrogen and oxygen atoms in total. The fraction of sp³-hybridized carbons (Fsp3) is 0.0385. The first-order chi connectivity index (χ1) is 26.7. The number of allylic oxidation sites excluding steroid dienone is 4. The summed E-state index contributed by atoms with van der Waals surface area (Å²) in [5.41, 5.74) is 13.6. The Morgan fingerprint density at radius 2 is 0.926 bits per heavy atom. The first kappa shape index (κ1) is 32.2. The summed E-state index contributed by atoms with van der Waals surface area (Å²) in [7, 11) is 0.